The van der Waals surface area contributed by atoms with E-state index in [2.05, 4.69) is 15.1 Å². The van der Waals surface area contributed by atoms with Crippen LogP contribution in [0.2, 0.25) is 0 Å². The summed E-state index contributed by atoms with van der Waals surface area (Å²) in [5.41, 5.74) is 0.691. The summed E-state index contributed by atoms with van der Waals surface area (Å²) in [6, 6.07) is 11.2. The van der Waals surface area contributed by atoms with Crippen LogP contribution in [-0.2, 0) is 28.4 Å². The quantitative estimate of drug-likeness (QED) is 0.605. The molecule has 0 radical (unpaired) electrons. The average molecular weight is 386 g/mol. The van der Waals surface area contributed by atoms with Gasteiger partial charge in [-0.3, -0.25) is 9.48 Å². The van der Waals surface area contributed by atoms with E-state index in [0.717, 1.165) is 0 Å². The maximum atomic E-state index is 12.3. The number of furan rings is 1. The molecule has 27 heavy (non-hydrogen) atoms. The molecule has 2 aromatic heterocycles. The molecule has 0 aliphatic heterocycles. The lowest BCUT2D eigenvalue weighted by atomic mass is 10.2. The molecule has 3 rings (SSSR count). The smallest absolute Gasteiger partial charge is 0.249 e. The molecule has 1 aromatic carbocycles. The normalized spacial score (nSPS) is 11.7. The highest BCUT2D eigenvalue weighted by Crippen LogP contribution is 2.13. The SMILES string of the molecule is Cn1ccc(NC(=O)/C=C/c2ccc(S(=O)(=O)NCc3ccco3)cc2)n1. The zero-order chi connectivity index (χ0) is 19.3. The average Bonchev–Trinajstić information content (AvgIpc) is 3.30. The number of hydrogen-bond donors (Lipinski definition) is 2. The van der Waals surface area contributed by atoms with Crippen LogP contribution in [0.3, 0.4) is 0 Å². The molecule has 8 nitrogen and oxygen atoms in total. The maximum Gasteiger partial charge on any atom is 0.249 e. The number of nitrogens with one attached hydrogen (secondary N) is 2. The molecule has 2 N–H and O–H groups in total. The molecule has 0 aliphatic rings. The Balaban J connectivity index is 1.59. The predicted molar refractivity (Wildman–Crippen MR) is 100 cm³/mol. The Labute approximate surface area is 156 Å². The van der Waals surface area contributed by atoms with Gasteiger partial charge in [-0.25, -0.2) is 13.1 Å². The molecule has 0 aliphatic carbocycles. The minimum absolute atomic E-state index is 0.0741. The van der Waals surface area contributed by atoms with E-state index in [-0.39, 0.29) is 17.3 Å². The lowest BCUT2D eigenvalue weighted by Gasteiger charge is -2.05. The summed E-state index contributed by atoms with van der Waals surface area (Å²) in [4.78, 5) is 12.0. The first-order valence-corrected chi connectivity index (χ1v) is 9.51. The minimum atomic E-state index is -3.65. The third kappa shape index (κ3) is 5.16. The second-order valence-corrected chi connectivity index (χ2v) is 7.44. The number of nitrogens with zero attached hydrogens (tertiary/aromatic N) is 2. The van der Waals surface area contributed by atoms with Gasteiger partial charge in [-0.1, -0.05) is 12.1 Å². The van der Waals surface area contributed by atoms with Gasteiger partial charge >= 0.3 is 0 Å². The van der Waals surface area contributed by atoms with E-state index in [9.17, 15) is 13.2 Å². The molecule has 2 heterocycles. The first-order chi connectivity index (χ1) is 12.9. The van der Waals surface area contributed by atoms with Crippen molar-refractivity contribution in [3.8, 4) is 0 Å². The number of anilines is 1. The molecular weight excluding hydrogens is 368 g/mol. The van der Waals surface area contributed by atoms with Crippen molar-refractivity contribution < 1.29 is 17.6 Å². The van der Waals surface area contributed by atoms with Crippen molar-refractivity contribution in [2.75, 3.05) is 5.32 Å². The van der Waals surface area contributed by atoms with Gasteiger partial charge in [0.05, 0.1) is 17.7 Å². The van der Waals surface area contributed by atoms with Crippen LogP contribution in [-0.4, -0.2) is 24.1 Å². The summed E-state index contributed by atoms with van der Waals surface area (Å²) >= 11 is 0. The molecule has 0 fully saturated rings. The number of sulfonamides is 1. The molecular formula is C18H18N4O4S. The maximum absolute atomic E-state index is 12.3. The molecule has 9 heteroatoms. The van der Waals surface area contributed by atoms with Crippen LogP contribution in [0.4, 0.5) is 5.82 Å². The van der Waals surface area contributed by atoms with Crippen LogP contribution in [0.5, 0.6) is 0 Å². The number of aryl methyl sites for hydroxylation is 1. The van der Waals surface area contributed by atoms with E-state index >= 15 is 0 Å². The molecule has 0 saturated heterocycles. The Morgan fingerprint density at radius 1 is 1.22 bits per heavy atom. The van der Waals surface area contributed by atoms with Gasteiger partial charge in [0.2, 0.25) is 15.9 Å². The predicted octanol–water partition coefficient (Wildman–Crippen LogP) is 2.14. The van der Waals surface area contributed by atoms with Gasteiger partial charge in [-0.15, -0.1) is 0 Å². The third-order valence-corrected chi connectivity index (χ3v) is 5.02. The lowest BCUT2D eigenvalue weighted by Crippen LogP contribution is -2.22. The Bertz CT molecular complexity index is 1040. The Morgan fingerprint density at radius 2 is 2.00 bits per heavy atom. The Kier molecular flexibility index (Phi) is 5.53. The third-order valence-electron chi connectivity index (χ3n) is 3.60. The summed E-state index contributed by atoms with van der Waals surface area (Å²) in [5, 5.41) is 6.68. The summed E-state index contributed by atoms with van der Waals surface area (Å²) in [6.45, 7) is 0.0741. The van der Waals surface area contributed by atoms with Gasteiger partial charge in [-0.2, -0.15) is 5.10 Å². The Hall–Kier alpha value is -3.17. The van der Waals surface area contributed by atoms with E-state index in [1.807, 2.05) is 0 Å². The topological polar surface area (TPSA) is 106 Å². The number of rotatable bonds is 7. The molecule has 0 saturated carbocycles. The minimum Gasteiger partial charge on any atom is -0.468 e. The number of aromatic nitrogens is 2. The zero-order valence-electron chi connectivity index (χ0n) is 14.5. The van der Waals surface area contributed by atoms with Crippen LogP contribution < -0.4 is 10.0 Å². The highest BCUT2D eigenvalue weighted by atomic mass is 32.2. The molecule has 0 atom stereocenters. The van der Waals surface area contributed by atoms with Gasteiger partial charge in [0.1, 0.15) is 5.76 Å². The summed E-state index contributed by atoms with van der Waals surface area (Å²) in [7, 11) is -1.89. The fourth-order valence-corrected chi connectivity index (χ4v) is 3.24. The second-order valence-electron chi connectivity index (χ2n) is 5.67. The van der Waals surface area contributed by atoms with Crippen molar-refractivity contribution in [1.29, 1.82) is 0 Å². The fourth-order valence-electron chi connectivity index (χ4n) is 2.24. The standard InChI is InChI=1S/C18H18N4O4S/c1-22-11-10-17(21-22)20-18(23)9-6-14-4-7-16(8-5-14)27(24,25)19-13-15-3-2-12-26-15/h2-12,19H,13H2,1H3,(H,20,21,23)/b9-6+. The highest BCUT2D eigenvalue weighted by Gasteiger charge is 2.13. The van der Waals surface area contributed by atoms with Crippen LogP contribution in [0, 0.1) is 0 Å². The zero-order valence-corrected chi connectivity index (χ0v) is 15.3. The number of hydrogen-bond acceptors (Lipinski definition) is 5. The van der Waals surface area contributed by atoms with Crippen molar-refractivity contribution in [3.05, 3.63) is 72.3 Å². The van der Waals surface area contributed by atoms with Crippen molar-refractivity contribution in [1.82, 2.24) is 14.5 Å². The summed E-state index contributed by atoms with van der Waals surface area (Å²) < 4.78 is 33.7. The van der Waals surface area contributed by atoms with Crippen molar-refractivity contribution in [2.24, 2.45) is 7.05 Å². The van der Waals surface area contributed by atoms with Crippen molar-refractivity contribution in [3.63, 3.8) is 0 Å². The van der Waals surface area contributed by atoms with Crippen LogP contribution in [0.15, 0.2) is 70.3 Å². The number of carbonyl (C=O) groups is 1. The molecule has 0 spiro atoms. The Morgan fingerprint density at radius 3 is 2.63 bits per heavy atom. The van der Waals surface area contributed by atoms with E-state index in [4.69, 9.17) is 4.42 Å². The summed E-state index contributed by atoms with van der Waals surface area (Å²) in [6.07, 6.45) is 6.14. The number of carbonyl (C=O) groups excluding carboxylic acids is 1. The lowest BCUT2D eigenvalue weighted by molar-refractivity contribution is -0.111. The fraction of sp³-hybridized carbons (Fsp3) is 0.111. The monoisotopic (exact) mass is 386 g/mol. The molecule has 140 valence electrons. The van der Waals surface area contributed by atoms with E-state index < -0.39 is 10.0 Å². The number of benzene rings is 1. The van der Waals surface area contributed by atoms with Gasteiger partial charge in [0.15, 0.2) is 5.82 Å². The molecule has 0 bridgehead atoms. The number of amides is 1. The summed E-state index contributed by atoms with van der Waals surface area (Å²) in [5.74, 6) is 0.652. The second kappa shape index (κ2) is 8.02. The van der Waals surface area contributed by atoms with Gasteiger partial charge in [0.25, 0.3) is 0 Å². The van der Waals surface area contributed by atoms with Crippen molar-refractivity contribution >= 4 is 27.8 Å². The first-order valence-electron chi connectivity index (χ1n) is 8.03. The van der Waals surface area contributed by atoms with Crippen LogP contribution in [0.25, 0.3) is 6.08 Å². The first kappa shape index (κ1) is 18.6. The van der Waals surface area contributed by atoms with Crippen molar-refractivity contribution in [2.45, 2.75) is 11.4 Å². The van der Waals surface area contributed by atoms with Gasteiger partial charge < -0.3 is 9.73 Å². The van der Waals surface area contributed by atoms with E-state index in [1.54, 1.807) is 54.3 Å². The van der Waals surface area contributed by atoms with Gasteiger partial charge in [-0.05, 0) is 35.9 Å². The molecule has 0 unspecified atom stereocenters. The molecule has 3 aromatic rings. The molecule has 1 amide bonds. The van der Waals surface area contributed by atoms with E-state index in [0.29, 0.717) is 17.1 Å². The van der Waals surface area contributed by atoms with Crippen LogP contribution >= 0.6 is 0 Å². The van der Waals surface area contributed by atoms with Crippen LogP contribution in [0.1, 0.15) is 11.3 Å². The van der Waals surface area contributed by atoms with Gasteiger partial charge in [0, 0.05) is 25.4 Å². The van der Waals surface area contributed by atoms with E-state index in [1.165, 1.54) is 24.5 Å². The largest absolute Gasteiger partial charge is 0.468 e. The highest BCUT2D eigenvalue weighted by molar-refractivity contribution is 7.89.